The number of nitrogens with one attached hydrogen (secondary N) is 1. The third kappa shape index (κ3) is 3.97. The van der Waals surface area contributed by atoms with E-state index in [1.54, 1.807) is 13.1 Å². The van der Waals surface area contributed by atoms with Crippen LogP contribution in [0.4, 0.5) is 17.6 Å². The average Bonchev–Trinajstić information content (AvgIpc) is 3.04. The zero-order valence-corrected chi connectivity index (χ0v) is 15.4. The molecule has 2 aromatic heterocycles. The Bertz CT molecular complexity index is 1050. The molecular weight excluding hydrogens is 376 g/mol. The minimum atomic E-state index is -4.62. The van der Waals surface area contributed by atoms with Gasteiger partial charge in [-0.3, -0.25) is 9.48 Å². The molecule has 5 nitrogen and oxygen atoms in total. The summed E-state index contributed by atoms with van der Waals surface area (Å²) in [6.45, 7) is 5.28. The lowest BCUT2D eigenvalue weighted by molar-refractivity contribution is -0.137. The molecule has 1 atom stereocenters. The quantitative estimate of drug-likeness (QED) is 0.670. The smallest absolute Gasteiger partial charge is 0.311 e. The van der Waals surface area contributed by atoms with E-state index in [2.05, 4.69) is 15.1 Å². The van der Waals surface area contributed by atoms with Crippen LogP contribution in [0, 0.1) is 18.7 Å². The van der Waals surface area contributed by atoms with Gasteiger partial charge in [-0.15, -0.1) is 0 Å². The summed E-state index contributed by atoms with van der Waals surface area (Å²) in [5, 5.41) is 4.24. The number of aromatic amines is 1. The summed E-state index contributed by atoms with van der Waals surface area (Å²) in [5.41, 5.74) is -0.298. The van der Waals surface area contributed by atoms with Crippen LogP contribution in [0.15, 0.2) is 41.5 Å². The molecule has 148 valence electrons. The first kappa shape index (κ1) is 19.8. The van der Waals surface area contributed by atoms with E-state index in [9.17, 15) is 22.4 Å². The summed E-state index contributed by atoms with van der Waals surface area (Å²) in [6.07, 6.45) is -1.53. The van der Waals surface area contributed by atoms with E-state index < -0.39 is 23.6 Å². The van der Waals surface area contributed by atoms with Crippen molar-refractivity contribution in [3.8, 4) is 11.3 Å². The van der Waals surface area contributed by atoms with Crippen LogP contribution in [-0.4, -0.2) is 19.7 Å². The highest BCUT2D eigenvalue weighted by molar-refractivity contribution is 5.56. The van der Waals surface area contributed by atoms with Gasteiger partial charge in [0.2, 0.25) is 0 Å². The first-order chi connectivity index (χ1) is 13.1. The Morgan fingerprint density at radius 2 is 1.89 bits per heavy atom. The van der Waals surface area contributed by atoms with Gasteiger partial charge >= 0.3 is 6.18 Å². The normalized spacial score (nSPS) is 13.1. The molecule has 1 N–H and O–H groups in total. The molecule has 0 aliphatic heterocycles. The number of nitrogens with zero attached hydrogens (tertiary/aromatic N) is 3. The number of hydrogen-bond donors (Lipinski definition) is 1. The molecule has 3 rings (SSSR count). The highest BCUT2D eigenvalue weighted by Gasteiger charge is 2.32. The van der Waals surface area contributed by atoms with Crippen molar-refractivity contribution in [2.45, 2.75) is 33.0 Å². The first-order valence-corrected chi connectivity index (χ1v) is 8.55. The SMILES string of the molecule is Cc1nc(-c2cnn(C(c3ccc(C(F)(F)F)cc3F)C(C)C)c2)cc(=O)[nH]1. The maximum absolute atomic E-state index is 14.5. The van der Waals surface area contributed by atoms with Crippen molar-refractivity contribution < 1.29 is 17.6 Å². The Kier molecular flexibility index (Phi) is 5.10. The van der Waals surface area contributed by atoms with Crippen LogP contribution in [0.25, 0.3) is 11.3 Å². The molecule has 28 heavy (non-hydrogen) atoms. The van der Waals surface area contributed by atoms with E-state index in [1.165, 1.54) is 16.9 Å². The maximum atomic E-state index is 14.5. The molecule has 2 heterocycles. The standard InChI is InChI=1S/C19H18F4N4O/c1-10(2)18(14-5-4-13(6-15(14)20)19(21,22)23)27-9-12(8-24-27)16-7-17(28)26-11(3)25-16/h4-10,18H,1-3H3,(H,25,26,28). The Balaban J connectivity index is 2.03. The van der Waals surface area contributed by atoms with Crippen LogP contribution < -0.4 is 5.56 Å². The molecule has 0 aliphatic rings. The number of H-pyrrole nitrogens is 1. The van der Waals surface area contributed by atoms with Gasteiger partial charge in [0.05, 0.1) is 23.5 Å². The molecule has 0 amide bonds. The molecule has 1 aromatic carbocycles. The molecule has 0 spiro atoms. The van der Waals surface area contributed by atoms with Crippen LogP contribution in [0.3, 0.4) is 0 Å². The van der Waals surface area contributed by atoms with Crippen molar-refractivity contribution in [1.82, 2.24) is 19.7 Å². The van der Waals surface area contributed by atoms with Gasteiger partial charge in [-0.25, -0.2) is 9.37 Å². The summed E-state index contributed by atoms with van der Waals surface area (Å²) in [4.78, 5) is 18.4. The van der Waals surface area contributed by atoms with Crippen molar-refractivity contribution >= 4 is 0 Å². The molecule has 0 saturated heterocycles. The van der Waals surface area contributed by atoms with Crippen molar-refractivity contribution in [3.05, 3.63) is 69.8 Å². The summed E-state index contributed by atoms with van der Waals surface area (Å²) in [7, 11) is 0. The van der Waals surface area contributed by atoms with E-state index in [0.717, 1.165) is 12.1 Å². The Labute approximate surface area is 158 Å². The molecule has 0 aliphatic carbocycles. The predicted octanol–water partition coefficient (Wildman–Crippen LogP) is 4.35. The molecule has 0 fully saturated rings. The number of benzene rings is 1. The molecular formula is C19H18F4N4O. The lowest BCUT2D eigenvalue weighted by Crippen LogP contribution is -2.19. The van der Waals surface area contributed by atoms with Crippen LogP contribution >= 0.6 is 0 Å². The monoisotopic (exact) mass is 394 g/mol. The van der Waals surface area contributed by atoms with Crippen molar-refractivity contribution in [3.63, 3.8) is 0 Å². The molecule has 1 unspecified atom stereocenters. The molecule has 0 bridgehead atoms. The van der Waals surface area contributed by atoms with Gasteiger partial charge in [-0.1, -0.05) is 19.9 Å². The topological polar surface area (TPSA) is 63.6 Å². The minimum absolute atomic E-state index is 0.104. The lowest BCUT2D eigenvalue weighted by atomic mass is 9.94. The molecule has 9 heteroatoms. The highest BCUT2D eigenvalue weighted by atomic mass is 19.4. The lowest BCUT2D eigenvalue weighted by Gasteiger charge is -2.23. The van der Waals surface area contributed by atoms with Crippen LogP contribution in [0.5, 0.6) is 0 Å². The van der Waals surface area contributed by atoms with E-state index in [0.29, 0.717) is 23.1 Å². The fraction of sp³-hybridized carbons (Fsp3) is 0.316. The van der Waals surface area contributed by atoms with Crippen LogP contribution in [-0.2, 0) is 6.18 Å². The minimum Gasteiger partial charge on any atom is -0.311 e. The van der Waals surface area contributed by atoms with Gasteiger partial charge in [0.15, 0.2) is 0 Å². The fourth-order valence-electron chi connectivity index (χ4n) is 3.10. The predicted molar refractivity (Wildman–Crippen MR) is 95.2 cm³/mol. The summed E-state index contributed by atoms with van der Waals surface area (Å²) in [5.74, 6) is -0.673. The molecule has 0 radical (unpaired) electrons. The fourth-order valence-corrected chi connectivity index (χ4v) is 3.10. The van der Waals surface area contributed by atoms with Crippen molar-refractivity contribution in [1.29, 1.82) is 0 Å². The summed E-state index contributed by atoms with van der Waals surface area (Å²) >= 11 is 0. The van der Waals surface area contributed by atoms with E-state index >= 15 is 0 Å². The largest absolute Gasteiger partial charge is 0.416 e. The van der Waals surface area contributed by atoms with Gasteiger partial charge < -0.3 is 4.98 Å². The summed E-state index contributed by atoms with van der Waals surface area (Å²) < 4.78 is 54.4. The molecule has 0 saturated carbocycles. The van der Waals surface area contributed by atoms with Crippen LogP contribution in [0.1, 0.15) is 36.8 Å². The number of rotatable bonds is 4. The average molecular weight is 394 g/mol. The number of aryl methyl sites for hydroxylation is 1. The number of aromatic nitrogens is 4. The number of alkyl halides is 3. The van der Waals surface area contributed by atoms with Crippen LogP contribution in [0.2, 0.25) is 0 Å². The number of hydrogen-bond acceptors (Lipinski definition) is 3. The maximum Gasteiger partial charge on any atom is 0.416 e. The van der Waals surface area contributed by atoms with Gasteiger partial charge in [-0.05, 0) is 25.0 Å². The third-order valence-electron chi connectivity index (χ3n) is 4.32. The van der Waals surface area contributed by atoms with E-state index in [1.807, 2.05) is 13.8 Å². The first-order valence-electron chi connectivity index (χ1n) is 8.55. The molecule has 3 aromatic rings. The van der Waals surface area contributed by atoms with Gasteiger partial charge in [0.25, 0.3) is 5.56 Å². The Morgan fingerprint density at radius 3 is 2.46 bits per heavy atom. The van der Waals surface area contributed by atoms with Gasteiger partial charge in [-0.2, -0.15) is 18.3 Å². The second kappa shape index (κ2) is 7.21. The van der Waals surface area contributed by atoms with Gasteiger partial charge in [0.1, 0.15) is 11.6 Å². The highest BCUT2D eigenvalue weighted by Crippen LogP contribution is 2.34. The zero-order valence-electron chi connectivity index (χ0n) is 15.4. The van der Waals surface area contributed by atoms with Gasteiger partial charge in [0, 0.05) is 23.4 Å². The third-order valence-corrected chi connectivity index (χ3v) is 4.32. The number of halogens is 4. The van der Waals surface area contributed by atoms with Crippen molar-refractivity contribution in [2.75, 3.05) is 0 Å². The van der Waals surface area contributed by atoms with Crippen molar-refractivity contribution in [2.24, 2.45) is 5.92 Å². The Hall–Kier alpha value is -2.97. The van der Waals surface area contributed by atoms with E-state index in [-0.39, 0.29) is 17.0 Å². The zero-order chi connectivity index (χ0) is 20.6. The second-order valence-electron chi connectivity index (χ2n) is 6.85. The summed E-state index contributed by atoms with van der Waals surface area (Å²) in [6, 6.07) is 3.19. The van der Waals surface area contributed by atoms with E-state index in [4.69, 9.17) is 0 Å². The second-order valence-corrected chi connectivity index (χ2v) is 6.85. The Morgan fingerprint density at radius 1 is 1.18 bits per heavy atom.